The quantitative estimate of drug-likeness (QED) is 0.769. The average molecular weight is 178 g/mol. The molecule has 2 nitrogen and oxygen atoms in total. The molecule has 1 heterocycles. The minimum Gasteiger partial charge on any atom is -0.328 e. The highest BCUT2D eigenvalue weighted by Crippen LogP contribution is 2.18. The minimum atomic E-state index is 0.210. The SMILES string of the molecule is CC(N)Cc1cnccc1C(C)C. The van der Waals surface area contributed by atoms with Crippen molar-refractivity contribution in [3.05, 3.63) is 29.6 Å². The van der Waals surface area contributed by atoms with E-state index in [9.17, 15) is 0 Å². The standard InChI is InChI=1S/C11H18N2/c1-8(2)11-4-5-13-7-10(11)6-9(3)12/h4-5,7-9H,6,12H2,1-3H3. The van der Waals surface area contributed by atoms with Gasteiger partial charge in [-0.15, -0.1) is 0 Å². The van der Waals surface area contributed by atoms with Gasteiger partial charge in [0.15, 0.2) is 0 Å². The van der Waals surface area contributed by atoms with Gasteiger partial charge in [0.25, 0.3) is 0 Å². The summed E-state index contributed by atoms with van der Waals surface area (Å²) < 4.78 is 0. The maximum Gasteiger partial charge on any atom is 0.0303 e. The normalized spacial score (nSPS) is 13.3. The average Bonchev–Trinajstić information content (AvgIpc) is 2.03. The Hall–Kier alpha value is -0.890. The molecule has 0 saturated heterocycles. The number of nitrogens with two attached hydrogens (primary N) is 1. The molecule has 2 N–H and O–H groups in total. The van der Waals surface area contributed by atoms with E-state index in [4.69, 9.17) is 5.73 Å². The number of rotatable bonds is 3. The molecule has 1 aromatic rings. The number of pyridine rings is 1. The highest BCUT2D eigenvalue weighted by atomic mass is 14.6. The van der Waals surface area contributed by atoms with Gasteiger partial charge in [0, 0.05) is 18.4 Å². The lowest BCUT2D eigenvalue weighted by molar-refractivity contribution is 0.717. The molecular formula is C11H18N2. The molecule has 1 unspecified atom stereocenters. The molecule has 1 aromatic heterocycles. The number of hydrogen-bond acceptors (Lipinski definition) is 2. The number of aromatic nitrogens is 1. The maximum absolute atomic E-state index is 5.77. The van der Waals surface area contributed by atoms with Crippen LogP contribution in [0.5, 0.6) is 0 Å². The van der Waals surface area contributed by atoms with E-state index < -0.39 is 0 Å². The molecule has 0 amide bonds. The molecule has 0 bridgehead atoms. The molecule has 0 aliphatic carbocycles. The summed E-state index contributed by atoms with van der Waals surface area (Å²) in [5.74, 6) is 0.553. The molecule has 0 aliphatic rings. The van der Waals surface area contributed by atoms with E-state index in [1.54, 1.807) is 0 Å². The van der Waals surface area contributed by atoms with Crippen LogP contribution in [0.15, 0.2) is 18.5 Å². The highest BCUT2D eigenvalue weighted by Gasteiger charge is 2.07. The zero-order valence-corrected chi connectivity index (χ0v) is 8.62. The van der Waals surface area contributed by atoms with Gasteiger partial charge < -0.3 is 5.73 Å². The van der Waals surface area contributed by atoms with Crippen LogP contribution < -0.4 is 5.73 Å². The molecule has 0 spiro atoms. The molecule has 0 aliphatic heterocycles. The van der Waals surface area contributed by atoms with E-state index in [2.05, 4.69) is 24.9 Å². The Kier molecular flexibility index (Phi) is 3.43. The molecule has 2 heteroatoms. The van der Waals surface area contributed by atoms with Crippen LogP contribution in [0.2, 0.25) is 0 Å². The van der Waals surface area contributed by atoms with Crippen molar-refractivity contribution in [1.82, 2.24) is 4.98 Å². The van der Waals surface area contributed by atoms with Crippen molar-refractivity contribution in [3.8, 4) is 0 Å². The summed E-state index contributed by atoms with van der Waals surface area (Å²) in [5, 5.41) is 0. The Balaban J connectivity index is 2.91. The second-order valence-corrected chi connectivity index (χ2v) is 3.91. The summed E-state index contributed by atoms with van der Waals surface area (Å²) in [7, 11) is 0. The van der Waals surface area contributed by atoms with Crippen LogP contribution in [-0.4, -0.2) is 11.0 Å². The van der Waals surface area contributed by atoms with Crippen LogP contribution >= 0.6 is 0 Å². The smallest absolute Gasteiger partial charge is 0.0303 e. The number of nitrogens with zero attached hydrogens (tertiary/aromatic N) is 1. The highest BCUT2D eigenvalue weighted by molar-refractivity contribution is 5.26. The first-order chi connectivity index (χ1) is 6.11. The molecule has 13 heavy (non-hydrogen) atoms. The van der Waals surface area contributed by atoms with Crippen LogP contribution in [-0.2, 0) is 6.42 Å². The van der Waals surface area contributed by atoms with Crippen molar-refractivity contribution < 1.29 is 0 Å². The van der Waals surface area contributed by atoms with Crippen molar-refractivity contribution in [1.29, 1.82) is 0 Å². The van der Waals surface area contributed by atoms with Gasteiger partial charge in [-0.1, -0.05) is 13.8 Å². The summed E-state index contributed by atoms with van der Waals surface area (Å²) in [6.45, 7) is 6.41. The van der Waals surface area contributed by atoms with Crippen molar-refractivity contribution >= 4 is 0 Å². The van der Waals surface area contributed by atoms with E-state index in [-0.39, 0.29) is 6.04 Å². The second kappa shape index (κ2) is 4.38. The van der Waals surface area contributed by atoms with E-state index in [1.807, 2.05) is 19.3 Å². The fourth-order valence-corrected chi connectivity index (χ4v) is 1.52. The molecule has 0 aromatic carbocycles. The van der Waals surface area contributed by atoms with Crippen molar-refractivity contribution in [2.75, 3.05) is 0 Å². The lowest BCUT2D eigenvalue weighted by atomic mass is 9.96. The monoisotopic (exact) mass is 178 g/mol. The predicted octanol–water partition coefficient (Wildman–Crippen LogP) is 2.09. The lowest BCUT2D eigenvalue weighted by Crippen LogP contribution is -2.19. The minimum absolute atomic E-state index is 0.210. The fraction of sp³-hybridized carbons (Fsp3) is 0.545. The van der Waals surface area contributed by atoms with Gasteiger partial charge in [0.05, 0.1) is 0 Å². The number of hydrogen-bond donors (Lipinski definition) is 1. The Bertz CT molecular complexity index is 267. The van der Waals surface area contributed by atoms with Gasteiger partial charge in [-0.2, -0.15) is 0 Å². The molecule has 0 radical (unpaired) electrons. The third-order valence-corrected chi connectivity index (χ3v) is 2.11. The summed E-state index contributed by atoms with van der Waals surface area (Å²) >= 11 is 0. The Morgan fingerprint density at radius 3 is 2.62 bits per heavy atom. The Labute approximate surface area is 80.2 Å². The van der Waals surface area contributed by atoms with E-state index >= 15 is 0 Å². The van der Waals surface area contributed by atoms with Crippen molar-refractivity contribution in [2.24, 2.45) is 5.73 Å². The van der Waals surface area contributed by atoms with Gasteiger partial charge in [0.2, 0.25) is 0 Å². The predicted molar refractivity (Wildman–Crippen MR) is 55.7 cm³/mol. The topological polar surface area (TPSA) is 38.9 Å². The lowest BCUT2D eigenvalue weighted by Gasteiger charge is -2.13. The summed E-state index contributed by atoms with van der Waals surface area (Å²) in [6, 6.07) is 2.30. The Morgan fingerprint density at radius 2 is 2.08 bits per heavy atom. The van der Waals surface area contributed by atoms with Gasteiger partial charge in [-0.25, -0.2) is 0 Å². The molecule has 72 valence electrons. The molecular weight excluding hydrogens is 160 g/mol. The zero-order chi connectivity index (χ0) is 9.84. The van der Waals surface area contributed by atoms with Crippen molar-refractivity contribution in [3.63, 3.8) is 0 Å². The van der Waals surface area contributed by atoms with E-state index in [0.29, 0.717) is 5.92 Å². The van der Waals surface area contributed by atoms with E-state index in [1.165, 1.54) is 11.1 Å². The summed E-state index contributed by atoms with van der Waals surface area (Å²) in [6.07, 6.45) is 4.69. The first kappa shape index (κ1) is 10.2. The zero-order valence-electron chi connectivity index (χ0n) is 8.62. The summed E-state index contributed by atoms with van der Waals surface area (Å²) in [5.41, 5.74) is 8.42. The maximum atomic E-state index is 5.77. The molecule has 0 saturated carbocycles. The van der Waals surface area contributed by atoms with Crippen molar-refractivity contribution in [2.45, 2.75) is 39.2 Å². The van der Waals surface area contributed by atoms with Crippen LogP contribution in [0.4, 0.5) is 0 Å². The first-order valence-corrected chi connectivity index (χ1v) is 4.79. The third-order valence-electron chi connectivity index (χ3n) is 2.11. The molecule has 1 rings (SSSR count). The van der Waals surface area contributed by atoms with E-state index in [0.717, 1.165) is 6.42 Å². The van der Waals surface area contributed by atoms with Gasteiger partial charge in [-0.05, 0) is 36.5 Å². The Morgan fingerprint density at radius 1 is 1.38 bits per heavy atom. The van der Waals surface area contributed by atoms with Gasteiger partial charge in [-0.3, -0.25) is 4.98 Å². The first-order valence-electron chi connectivity index (χ1n) is 4.79. The molecule has 1 atom stereocenters. The summed E-state index contributed by atoms with van der Waals surface area (Å²) in [4.78, 5) is 4.13. The fourth-order valence-electron chi connectivity index (χ4n) is 1.52. The van der Waals surface area contributed by atoms with Crippen LogP contribution in [0.1, 0.15) is 37.8 Å². The van der Waals surface area contributed by atoms with Gasteiger partial charge in [0.1, 0.15) is 0 Å². The second-order valence-electron chi connectivity index (χ2n) is 3.91. The largest absolute Gasteiger partial charge is 0.328 e. The van der Waals surface area contributed by atoms with Crippen LogP contribution in [0.25, 0.3) is 0 Å². The van der Waals surface area contributed by atoms with Crippen LogP contribution in [0, 0.1) is 0 Å². The van der Waals surface area contributed by atoms with Gasteiger partial charge >= 0.3 is 0 Å². The van der Waals surface area contributed by atoms with Crippen LogP contribution in [0.3, 0.4) is 0 Å². The molecule has 0 fully saturated rings. The third kappa shape index (κ3) is 2.81.